The number of rotatable bonds is 11. The summed E-state index contributed by atoms with van der Waals surface area (Å²) >= 11 is 0. The number of hydrogen-bond acceptors (Lipinski definition) is 3. The van der Waals surface area contributed by atoms with Gasteiger partial charge in [0.2, 0.25) is 0 Å². The summed E-state index contributed by atoms with van der Waals surface area (Å²) in [4.78, 5) is 4.45. The van der Waals surface area contributed by atoms with E-state index in [-0.39, 0.29) is 6.04 Å². The summed E-state index contributed by atoms with van der Waals surface area (Å²) < 4.78 is 0. The van der Waals surface area contributed by atoms with Gasteiger partial charge in [0.1, 0.15) is 0 Å². The highest BCUT2D eigenvalue weighted by Crippen LogP contribution is 2.29. The third-order valence-electron chi connectivity index (χ3n) is 6.97. The Hall–Kier alpha value is -1.81. The van der Waals surface area contributed by atoms with Crippen LogP contribution in [0.2, 0.25) is 0 Å². The van der Waals surface area contributed by atoms with Crippen LogP contribution in [0.25, 0.3) is 0 Å². The summed E-state index contributed by atoms with van der Waals surface area (Å²) in [7, 11) is 0. The highest BCUT2D eigenvalue weighted by atomic mass is 14.9. The van der Waals surface area contributed by atoms with Crippen LogP contribution in [0.1, 0.15) is 91.4 Å². The summed E-state index contributed by atoms with van der Waals surface area (Å²) in [5.41, 5.74) is 13.6. The molecule has 2 aliphatic carbocycles. The molecule has 2 saturated carbocycles. The zero-order chi connectivity index (χ0) is 24.5. The predicted molar refractivity (Wildman–Crippen MR) is 147 cm³/mol. The van der Waals surface area contributed by atoms with E-state index in [0.717, 1.165) is 36.3 Å². The maximum absolute atomic E-state index is 5.66. The van der Waals surface area contributed by atoms with Crippen molar-refractivity contribution in [3.63, 3.8) is 0 Å². The van der Waals surface area contributed by atoms with Crippen LogP contribution >= 0.6 is 0 Å². The van der Waals surface area contributed by atoms with Crippen molar-refractivity contribution in [3.05, 3.63) is 48.7 Å². The molecule has 3 atom stereocenters. The highest BCUT2D eigenvalue weighted by Gasteiger charge is 2.18. The molecule has 0 saturated heterocycles. The molecule has 2 rings (SSSR count). The number of nitrogens with zero attached hydrogens (tertiary/aromatic N) is 1. The maximum atomic E-state index is 5.66. The minimum atomic E-state index is 0.131. The van der Waals surface area contributed by atoms with Crippen LogP contribution in [0, 0.1) is 17.8 Å². The molecule has 0 aromatic rings. The van der Waals surface area contributed by atoms with E-state index in [9.17, 15) is 0 Å². The minimum absolute atomic E-state index is 0.131. The molecular formula is C29H52N4. The molecule has 4 nitrogen and oxygen atoms in total. The zero-order valence-corrected chi connectivity index (χ0v) is 21.8. The number of allylic oxidation sites excluding steroid dienone is 5. The molecule has 0 aromatic carbocycles. The first-order valence-corrected chi connectivity index (χ1v) is 13.2. The quantitative estimate of drug-likeness (QED) is 0.141. The van der Waals surface area contributed by atoms with E-state index in [1.54, 1.807) is 6.08 Å². The second kappa shape index (κ2) is 17.6. The van der Waals surface area contributed by atoms with Crippen molar-refractivity contribution in [2.24, 2.45) is 34.2 Å². The van der Waals surface area contributed by atoms with Crippen molar-refractivity contribution in [1.82, 2.24) is 5.32 Å². The molecule has 0 spiro atoms. The first-order chi connectivity index (χ1) is 15.8. The minimum Gasteiger partial charge on any atom is -0.388 e. The van der Waals surface area contributed by atoms with Crippen LogP contribution in [0.4, 0.5) is 0 Å². The largest absolute Gasteiger partial charge is 0.388 e. The van der Waals surface area contributed by atoms with Gasteiger partial charge in [-0.15, -0.1) is 0 Å². The van der Waals surface area contributed by atoms with Gasteiger partial charge in [-0.1, -0.05) is 83.3 Å². The van der Waals surface area contributed by atoms with E-state index in [0.29, 0.717) is 12.4 Å². The summed E-state index contributed by atoms with van der Waals surface area (Å²) in [5.74, 6) is 3.30. The summed E-state index contributed by atoms with van der Waals surface area (Å²) in [5, 5.41) is 3.51. The smallest absolute Gasteiger partial charge is 0.0913 e. The molecule has 5 N–H and O–H groups in total. The van der Waals surface area contributed by atoms with Gasteiger partial charge < -0.3 is 16.8 Å². The average molecular weight is 457 g/mol. The van der Waals surface area contributed by atoms with E-state index in [1.165, 1.54) is 69.9 Å². The molecule has 0 aromatic heterocycles. The van der Waals surface area contributed by atoms with Crippen molar-refractivity contribution >= 4 is 5.84 Å². The Balaban J connectivity index is 0.000000331. The Labute approximate surface area is 204 Å². The molecule has 0 amide bonds. The molecule has 4 heteroatoms. The lowest BCUT2D eigenvalue weighted by Gasteiger charge is -2.27. The molecular weight excluding hydrogens is 404 g/mol. The summed E-state index contributed by atoms with van der Waals surface area (Å²) in [6.07, 6.45) is 22.8. The second-order valence-electron chi connectivity index (χ2n) is 10.2. The van der Waals surface area contributed by atoms with Crippen LogP contribution in [0.5, 0.6) is 0 Å². The summed E-state index contributed by atoms with van der Waals surface area (Å²) in [6.45, 7) is 15.6. The van der Waals surface area contributed by atoms with Gasteiger partial charge in [0.05, 0.1) is 11.9 Å². The fourth-order valence-corrected chi connectivity index (χ4v) is 5.00. The Bertz CT molecular complexity index is 636. The summed E-state index contributed by atoms with van der Waals surface area (Å²) in [6, 6.07) is 0.131. The van der Waals surface area contributed by atoms with Crippen LogP contribution in [0.15, 0.2) is 53.7 Å². The topological polar surface area (TPSA) is 76.4 Å². The molecule has 2 fully saturated rings. The Morgan fingerprint density at radius 1 is 1.06 bits per heavy atom. The first kappa shape index (κ1) is 29.2. The van der Waals surface area contributed by atoms with Gasteiger partial charge in [-0.05, 0) is 68.9 Å². The molecule has 2 aliphatic rings. The van der Waals surface area contributed by atoms with Gasteiger partial charge in [0, 0.05) is 18.8 Å². The van der Waals surface area contributed by atoms with Crippen LogP contribution in [-0.2, 0) is 0 Å². The van der Waals surface area contributed by atoms with Gasteiger partial charge in [-0.3, -0.25) is 4.99 Å². The number of nitrogens with two attached hydrogens (primary N) is 2. The Kier molecular flexibility index (Phi) is 15.6. The number of aliphatic imine (C=N–C) groups is 1. The Morgan fingerprint density at radius 3 is 2.36 bits per heavy atom. The van der Waals surface area contributed by atoms with Crippen molar-refractivity contribution in [2.75, 3.05) is 13.1 Å². The molecule has 0 bridgehead atoms. The number of hydrogen-bond donors (Lipinski definition) is 3. The van der Waals surface area contributed by atoms with E-state index < -0.39 is 0 Å². The lowest BCUT2D eigenvalue weighted by molar-refractivity contribution is 0.279. The fourth-order valence-electron chi connectivity index (χ4n) is 5.00. The SMILES string of the molecule is C=C(CN)C(CCC1CCCCC1)N=C(C)N.C=C/C=C\C=C(/C)NCC1CCCC(C)C1. The molecule has 0 aliphatic heterocycles. The molecule has 0 radical (unpaired) electrons. The monoisotopic (exact) mass is 456 g/mol. The lowest BCUT2D eigenvalue weighted by Crippen LogP contribution is -2.25. The zero-order valence-electron chi connectivity index (χ0n) is 21.8. The fraction of sp³-hybridized carbons (Fsp3) is 0.690. The first-order valence-electron chi connectivity index (χ1n) is 13.2. The van der Waals surface area contributed by atoms with Crippen molar-refractivity contribution in [3.8, 4) is 0 Å². The third-order valence-corrected chi connectivity index (χ3v) is 6.97. The third kappa shape index (κ3) is 14.1. The van der Waals surface area contributed by atoms with E-state index >= 15 is 0 Å². The van der Waals surface area contributed by atoms with Crippen LogP contribution < -0.4 is 16.8 Å². The van der Waals surface area contributed by atoms with Crippen molar-refractivity contribution in [2.45, 2.75) is 97.4 Å². The second-order valence-corrected chi connectivity index (χ2v) is 10.2. The van der Waals surface area contributed by atoms with Crippen LogP contribution in [0.3, 0.4) is 0 Å². The van der Waals surface area contributed by atoms with Gasteiger partial charge >= 0.3 is 0 Å². The number of nitrogens with one attached hydrogen (secondary N) is 1. The van der Waals surface area contributed by atoms with Crippen molar-refractivity contribution < 1.29 is 0 Å². The van der Waals surface area contributed by atoms with E-state index in [2.05, 4.69) is 43.4 Å². The van der Waals surface area contributed by atoms with Crippen molar-refractivity contribution in [1.29, 1.82) is 0 Å². The average Bonchev–Trinajstić information content (AvgIpc) is 2.81. The van der Waals surface area contributed by atoms with E-state index in [1.807, 2.05) is 19.1 Å². The lowest BCUT2D eigenvalue weighted by atomic mass is 9.82. The predicted octanol–water partition coefficient (Wildman–Crippen LogP) is 6.66. The Morgan fingerprint density at radius 2 is 1.76 bits per heavy atom. The van der Waals surface area contributed by atoms with Gasteiger partial charge in [-0.25, -0.2) is 0 Å². The van der Waals surface area contributed by atoms with Gasteiger partial charge in [-0.2, -0.15) is 0 Å². The number of amidine groups is 1. The van der Waals surface area contributed by atoms with Gasteiger partial charge in [0.25, 0.3) is 0 Å². The molecule has 3 unspecified atom stereocenters. The molecule has 33 heavy (non-hydrogen) atoms. The normalized spacial score (nSPS) is 23.5. The standard InChI is InChI=1S/C15H25N.C14H27N3/c1-4-5-6-9-14(3)16-12-15-10-7-8-13(2)11-15;1-11(10-15)14(17-12(2)16)9-8-13-6-4-3-5-7-13/h4-6,9,13,15-16H,1,7-8,10-12H2,2-3H3;13-14H,1,3-10,15H2,2H3,(H2,16,17)/b6-5-,14-9+;. The molecule has 188 valence electrons. The highest BCUT2D eigenvalue weighted by molar-refractivity contribution is 5.77. The van der Waals surface area contributed by atoms with E-state index in [4.69, 9.17) is 11.5 Å². The maximum Gasteiger partial charge on any atom is 0.0913 e. The molecule has 0 heterocycles. The van der Waals surface area contributed by atoms with Gasteiger partial charge in [0.15, 0.2) is 0 Å². The van der Waals surface area contributed by atoms with Crippen LogP contribution in [-0.4, -0.2) is 25.0 Å².